The summed E-state index contributed by atoms with van der Waals surface area (Å²) in [6.45, 7) is 1.81. The standard InChI is InChI=1S/C17H18O8/c1-7-5-9-12(17(23-4)24-7)14(19)11-8(16(20)22-3)6-10(21-2)13(18)15(11)25-9/h6-7,17-18H,5H2,1-4H3. The molecular weight excluding hydrogens is 332 g/mol. The fraction of sp³-hybridized carbons (Fsp3) is 0.412. The number of hydrogen-bond donors (Lipinski definition) is 1. The minimum absolute atomic E-state index is 0.000556. The van der Waals surface area contributed by atoms with Gasteiger partial charge < -0.3 is 28.5 Å². The molecule has 1 aliphatic heterocycles. The summed E-state index contributed by atoms with van der Waals surface area (Å²) >= 11 is 0. The summed E-state index contributed by atoms with van der Waals surface area (Å²) in [5.74, 6) is -0.783. The maximum atomic E-state index is 13.1. The number of phenolic OH excluding ortho intramolecular Hbond substituents is 1. The van der Waals surface area contributed by atoms with E-state index >= 15 is 0 Å². The van der Waals surface area contributed by atoms with Crippen molar-refractivity contribution in [1.29, 1.82) is 0 Å². The first-order valence-electron chi connectivity index (χ1n) is 7.59. The molecule has 134 valence electrons. The highest BCUT2D eigenvalue weighted by molar-refractivity contribution is 6.05. The Balaban J connectivity index is 2.45. The number of methoxy groups -OCH3 is 3. The summed E-state index contributed by atoms with van der Waals surface area (Å²) in [6.07, 6.45) is -0.843. The summed E-state index contributed by atoms with van der Waals surface area (Å²) < 4.78 is 26.4. The van der Waals surface area contributed by atoms with E-state index in [0.29, 0.717) is 12.2 Å². The molecule has 0 spiro atoms. The lowest BCUT2D eigenvalue weighted by Gasteiger charge is -2.28. The minimum atomic E-state index is -0.922. The quantitative estimate of drug-likeness (QED) is 0.837. The predicted molar refractivity (Wildman–Crippen MR) is 86.0 cm³/mol. The number of carbonyl (C=O) groups is 1. The Bertz CT molecular complexity index is 898. The molecule has 1 aliphatic rings. The minimum Gasteiger partial charge on any atom is -0.502 e. The predicted octanol–water partition coefficient (Wildman–Crippen LogP) is 1.90. The van der Waals surface area contributed by atoms with Gasteiger partial charge in [-0.05, 0) is 13.0 Å². The van der Waals surface area contributed by atoms with E-state index in [0.717, 1.165) is 0 Å². The first-order chi connectivity index (χ1) is 11.9. The van der Waals surface area contributed by atoms with Crippen molar-refractivity contribution in [3.05, 3.63) is 33.2 Å². The first-order valence-corrected chi connectivity index (χ1v) is 7.59. The van der Waals surface area contributed by atoms with Crippen LogP contribution >= 0.6 is 0 Å². The summed E-state index contributed by atoms with van der Waals surface area (Å²) in [4.78, 5) is 25.2. The number of benzene rings is 1. The molecule has 0 saturated heterocycles. The van der Waals surface area contributed by atoms with Crippen LogP contribution in [0.2, 0.25) is 0 Å². The second kappa shape index (κ2) is 6.38. The zero-order valence-electron chi connectivity index (χ0n) is 14.2. The molecule has 8 nitrogen and oxygen atoms in total. The molecule has 0 bridgehead atoms. The Labute approximate surface area is 142 Å². The molecule has 0 fully saturated rings. The molecule has 2 unspecified atom stereocenters. The van der Waals surface area contributed by atoms with E-state index in [-0.39, 0.29) is 39.7 Å². The molecule has 1 aromatic heterocycles. The third-order valence-electron chi connectivity index (χ3n) is 4.12. The second-order valence-corrected chi connectivity index (χ2v) is 5.66. The van der Waals surface area contributed by atoms with E-state index in [4.69, 9.17) is 23.4 Å². The van der Waals surface area contributed by atoms with Crippen LogP contribution in [0.3, 0.4) is 0 Å². The van der Waals surface area contributed by atoms with Gasteiger partial charge in [-0.1, -0.05) is 0 Å². The fourth-order valence-corrected chi connectivity index (χ4v) is 2.97. The van der Waals surface area contributed by atoms with Gasteiger partial charge in [0, 0.05) is 13.5 Å². The van der Waals surface area contributed by atoms with E-state index in [9.17, 15) is 14.7 Å². The molecule has 0 amide bonds. The lowest BCUT2D eigenvalue weighted by molar-refractivity contribution is -0.166. The van der Waals surface area contributed by atoms with Gasteiger partial charge in [-0.2, -0.15) is 0 Å². The molecule has 8 heteroatoms. The highest BCUT2D eigenvalue weighted by Gasteiger charge is 2.33. The van der Waals surface area contributed by atoms with Gasteiger partial charge in [0.2, 0.25) is 11.2 Å². The zero-order chi connectivity index (χ0) is 18.3. The summed E-state index contributed by atoms with van der Waals surface area (Å²) in [5, 5.41) is 10.3. The van der Waals surface area contributed by atoms with E-state index in [1.165, 1.54) is 27.4 Å². The smallest absolute Gasteiger partial charge is 0.338 e. The van der Waals surface area contributed by atoms with Crippen LogP contribution in [0.15, 0.2) is 15.3 Å². The molecule has 0 saturated carbocycles. The Morgan fingerprint density at radius 2 is 2.04 bits per heavy atom. The molecule has 1 N–H and O–H groups in total. The van der Waals surface area contributed by atoms with Gasteiger partial charge in [0.1, 0.15) is 5.76 Å². The van der Waals surface area contributed by atoms with Gasteiger partial charge in [-0.25, -0.2) is 4.79 Å². The SMILES string of the molecule is COC(=O)c1cc(OC)c(O)c2oc3c(c(=O)c12)C(OC)OC(C)C3. The van der Waals surface area contributed by atoms with E-state index in [1.54, 1.807) is 0 Å². The van der Waals surface area contributed by atoms with E-state index in [2.05, 4.69) is 0 Å². The maximum Gasteiger partial charge on any atom is 0.338 e. The molecule has 1 aromatic carbocycles. The van der Waals surface area contributed by atoms with Gasteiger partial charge in [0.15, 0.2) is 17.6 Å². The molecule has 2 aromatic rings. The normalized spacial score (nSPS) is 19.5. The molecule has 25 heavy (non-hydrogen) atoms. The number of carbonyl (C=O) groups excluding carboxylic acids is 1. The molecule has 0 aliphatic carbocycles. The van der Waals surface area contributed by atoms with Crippen LogP contribution in [0, 0.1) is 0 Å². The third-order valence-corrected chi connectivity index (χ3v) is 4.12. The van der Waals surface area contributed by atoms with Gasteiger partial charge in [-0.3, -0.25) is 4.79 Å². The number of esters is 1. The average Bonchev–Trinajstić information content (AvgIpc) is 2.61. The number of aromatic hydroxyl groups is 1. The van der Waals surface area contributed by atoms with Crippen LogP contribution in [-0.4, -0.2) is 38.5 Å². The van der Waals surface area contributed by atoms with Crippen molar-refractivity contribution in [2.45, 2.75) is 25.7 Å². The Kier molecular flexibility index (Phi) is 4.40. The van der Waals surface area contributed by atoms with Crippen molar-refractivity contribution >= 4 is 16.9 Å². The number of fused-ring (bicyclic) bond motifs is 2. The molecule has 0 radical (unpaired) electrons. The highest BCUT2D eigenvalue weighted by atomic mass is 16.7. The van der Waals surface area contributed by atoms with Crippen LogP contribution in [0.5, 0.6) is 11.5 Å². The van der Waals surface area contributed by atoms with Gasteiger partial charge in [0.05, 0.1) is 36.8 Å². The molecular formula is C17H18O8. The molecule has 3 rings (SSSR count). The number of hydrogen-bond acceptors (Lipinski definition) is 8. The van der Waals surface area contributed by atoms with E-state index < -0.39 is 17.7 Å². The topological polar surface area (TPSA) is 104 Å². The highest BCUT2D eigenvalue weighted by Crippen LogP contribution is 2.39. The van der Waals surface area contributed by atoms with Crippen molar-refractivity contribution in [3.63, 3.8) is 0 Å². The third kappa shape index (κ3) is 2.63. The van der Waals surface area contributed by atoms with Crippen LogP contribution in [0.25, 0.3) is 11.0 Å². The van der Waals surface area contributed by atoms with Gasteiger partial charge in [0.25, 0.3) is 0 Å². The van der Waals surface area contributed by atoms with Crippen molar-refractivity contribution in [2.24, 2.45) is 0 Å². The molecule has 2 heterocycles. The van der Waals surface area contributed by atoms with Crippen molar-refractivity contribution in [2.75, 3.05) is 21.3 Å². The lowest BCUT2D eigenvalue weighted by Crippen LogP contribution is -2.30. The zero-order valence-corrected chi connectivity index (χ0v) is 14.2. The lowest BCUT2D eigenvalue weighted by atomic mass is 10.00. The van der Waals surface area contributed by atoms with Crippen molar-refractivity contribution in [3.8, 4) is 11.5 Å². The fourth-order valence-electron chi connectivity index (χ4n) is 2.97. The number of rotatable bonds is 3. The van der Waals surface area contributed by atoms with Crippen LogP contribution in [-0.2, 0) is 20.6 Å². The first kappa shape index (κ1) is 17.2. The maximum absolute atomic E-state index is 13.1. The van der Waals surface area contributed by atoms with Crippen LogP contribution < -0.4 is 10.2 Å². The Morgan fingerprint density at radius 1 is 1.32 bits per heavy atom. The largest absolute Gasteiger partial charge is 0.502 e. The monoisotopic (exact) mass is 350 g/mol. The van der Waals surface area contributed by atoms with Crippen LogP contribution in [0.1, 0.15) is 34.9 Å². The Hall–Kier alpha value is -2.58. The average molecular weight is 350 g/mol. The van der Waals surface area contributed by atoms with Gasteiger partial charge in [-0.15, -0.1) is 0 Å². The van der Waals surface area contributed by atoms with E-state index in [1.807, 2.05) is 6.92 Å². The summed E-state index contributed by atoms with van der Waals surface area (Å²) in [6, 6.07) is 1.24. The number of ether oxygens (including phenoxy) is 4. The Morgan fingerprint density at radius 3 is 2.64 bits per heavy atom. The summed E-state index contributed by atoms with van der Waals surface area (Å²) in [5.41, 5.74) is -0.555. The van der Waals surface area contributed by atoms with Crippen LogP contribution in [0.4, 0.5) is 0 Å². The van der Waals surface area contributed by atoms with Crippen molar-refractivity contribution in [1.82, 2.24) is 0 Å². The molecule has 2 atom stereocenters. The summed E-state index contributed by atoms with van der Waals surface area (Å²) in [7, 11) is 3.93. The number of phenols is 1. The second-order valence-electron chi connectivity index (χ2n) is 5.66. The van der Waals surface area contributed by atoms with Crippen molar-refractivity contribution < 1.29 is 33.3 Å². The van der Waals surface area contributed by atoms with Gasteiger partial charge >= 0.3 is 5.97 Å².